The highest BCUT2D eigenvalue weighted by Gasteiger charge is 2.16. The molecule has 55 valence electrons. The zero-order valence-corrected chi connectivity index (χ0v) is 7.16. The molecule has 1 aliphatic carbocycles. The Morgan fingerprint density at radius 1 is 1.30 bits per heavy atom. The van der Waals surface area contributed by atoms with E-state index in [4.69, 9.17) is 0 Å². The Morgan fingerprint density at radius 3 is 2.60 bits per heavy atom. The van der Waals surface area contributed by atoms with Crippen molar-refractivity contribution < 1.29 is 0 Å². The van der Waals surface area contributed by atoms with Crippen LogP contribution in [0.15, 0.2) is 0 Å². The van der Waals surface area contributed by atoms with Crippen LogP contribution in [-0.2, 0) is 0 Å². The number of hydrogen-bond donors (Lipinski definition) is 0. The monoisotopic (exact) mass is 153 g/mol. The summed E-state index contributed by atoms with van der Waals surface area (Å²) in [4.78, 5) is 0. The van der Waals surface area contributed by atoms with Crippen molar-refractivity contribution in [2.24, 2.45) is 0 Å². The van der Waals surface area contributed by atoms with E-state index >= 15 is 0 Å². The predicted octanol–water partition coefficient (Wildman–Crippen LogP) is 2.88. The van der Waals surface area contributed by atoms with Crippen LogP contribution in [0.2, 0.25) is 0 Å². The van der Waals surface area contributed by atoms with Gasteiger partial charge < -0.3 is 0 Å². The molecule has 0 heterocycles. The third kappa shape index (κ3) is 2.96. The second kappa shape index (κ2) is 5.06. The molecular weight excluding hydrogens is 140 g/mol. The first-order valence-corrected chi connectivity index (χ1v) is 4.76. The summed E-state index contributed by atoms with van der Waals surface area (Å²) < 4.78 is 0. The molecule has 1 heteroatoms. The van der Waals surface area contributed by atoms with Crippen molar-refractivity contribution in [1.82, 2.24) is 0 Å². The van der Waals surface area contributed by atoms with Crippen molar-refractivity contribution in [2.45, 2.75) is 19.8 Å². The predicted molar refractivity (Wildman–Crippen MR) is 47.8 cm³/mol. The molecule has 10 heavy (non-hydrogen) atoms. The van der Waals surface area contributed by atoms with Gasteiger partial charge in [-0.3, -0.25) is 0 Å². The third-order valence-corrected chi connectivity index (χ3v) is 2.50. The molecule has 0 saturated heterocycles. The molecule has 0 aromatic carbocycles. The molecule has 0 unspecified atom stereocenters. The van der Waals surface area contributed by atoms with Crippen molar-refractivity contribution in [3.05, 3.63) is 30.9 Å². The number of thioether (sulfide) groups is 1. The van der Waals surface area contributed by atoms with Crippen LogP contribution in [0.3, 0.4) is 0 Å². The first-order chi connectivity index (χ1) is 4.93. The standard InChI is InChI=1S/C9H13S/c1-2-3-8-10-9-6-4-5-7-9/h4-7H,2-3,8H2,1H3. The molecule has 0 aromatic heterocycles. The lowest BCUT2D eigenvalue weighted by Gasteiger charge is -2.04. The molecule has 0 aliphatic heterocycles. The van der Waals surface area contributed by atoms with E-state index in [-0.39, 0.29) is 0 Å². The van der Waals surface area contributed by atoms with Gasteiger partial charge in [-0.2, -0.15) is 11.8 Å². The second-order valence-corrected chi connectivity index (χ2v) is 3.49. The molecule has 0 bridgehead atoms. The lowest BCUT2D eigenvalue weighted by Crippen LogP contribution is -1.86. The van der Waals surface area contributed by atoms with Crippen LogP contribution >= 0.6 is 11.8 Å². The largest absolute Gasteiger partial charge is 0.153 e. The Hall–Kier alpha value is 0.350. The minimum absolute atomic E-state index is 1.26. The Morgan fingerprint density at radius 2 is 2.00 bits per heavy atom. The molecule has 0 N–H and O–H groups in total. The molecule has 0 nitrogen and oxygen atoms in total. The van der Waals surface area contributed by atoms with E-state index in [9.17, 15) is 0 Å². The van der Waals surface area contributed by atoms with Gasteiger partial charge in [0.1, 0.15) is 0 Å². The average Bonchev–Trinajstić information content (AvgIpc) is 2.41. The van der Waals surface area contributed by atoms with E-state index < -0.39 is 0 Å². The molecule has 0 atom stereocenters. The Kier molecular flexibility index (Phi) is 4.27. The maximum absolute atomic E-state index is 2.23. The van der Waals surface area contributed by atoms with Gasteiger partial charge in [0.25, 0.3) is 0 Å². The summed E-state index contributed by atoms with van der Waals surface area (Å²) in [6, 6.07) is 0. The van der Waals surface area contributed by atoms with Crippen molar-refractivity contribution >= 4 is 11.8 Å². The summed E-state index contributed by atoms with van der Waals surface area (Å²) in [5.74, 6) is 1.26. The Balaban J connectivity index is 1.91. The van der Waals surface area contributed by atoms with Crippen molar-refractivity contribution in [2.75, 3.05) is 5.75 Å². The Labute approximate surface area is 68.8 Å². The molecule has 1 rings (SSSR count). The van der Waals surface area contributed by atoms with E-state index in [1.807, 2.05) is 11.8 Å². The summed E-state index contributed by atoms with van der Waals surface area (Å²) in [6.45, 7) is 2.23. The third-order valence-electron chi connectivity index (χ3n) is 1.40. The van der Waals surface area contributed by atoms with Crippen LogP contribution in [0.5, 0.6) is 0 Å². The van der Waals surface area contributed by atoms with Gasteiger partial charge in [-0.05, 0) is 37.9 Å². The summed E-state index contributed by atoms with van der Waals surface area (Å²) >= 11 is 1.95. The zero-order valence-electron chi connectivity index (χ0n) is 6.34. The highest BCUT2D eigenvalue weighted by atomic mass is 32.2. The minimum Gasteiger partial charge on any atom is -0.153 e. The van der Waals surface area contributed by atoms with Gasteiger partial charge in [-0.15, -0.1) is 0 Å². The summed E-state index contributed by atoms with van der Waals surface area (Å²) in [5, 5.41) is 1.41. The number of unbranched alkanes of at least 4 members (excludes halogenated alkanes) is 1. The highest BCUT2D eigenvalue weighted by molar-refractivity contribution is 8.02. The lowest BCUT2D eigenvalue weighted by molar-refractivity contribution is 0.897. The average molecular weight is 153 g/mol. The Bertz CT molecular complexity index is 74.8. The fraction of sp³-hybridized carbons (Fsp3) is 0.444. The topological polar surface area (TPSA) is 0 Å². The maximum atomic E-state index is 2.23. The quantitative estimate of drug-likeness (QED) is 0.560. The zero-order chi connectivity index (χ0) is 7.23. The lowest BCUT2D eigenvalue weighted by atomic mass is 10.4. The van der Waals surface area contributed by atoms with Crippen LogP contribution in [0, 0.1) is 30.9 Å². The van der Waals surface area contributed by atoms with E-state index in [0.717, 1.165) is 0 Å². The van der Waals surface area contributed by atoms with Gasteiger partial charge in [-0.1, -0.05) is 13.3 Å². The van der Waals surface area contributed by atoms with Crippen LogP contribution in [0.1, 0.15) is 19.8 Å². The molecule has 1 saturated carbocycles. The second-order valence-electron chi connectivity index (χ2n) is 2.32. The van der Waals surface area contributed by atoms with Crippen LogP contribution in [-0.4, -0.2) is 5.75 Å². The maximum Gasteiger partial charge on any atom is 0.0380 e. The fourth-order valence-corrected chi connectivity index (χ4v) is 1.81. The molecule has 0 spiro atoms. The van der Waals surface area contributed by atoms with E-state index in [1.165, 1.54) is 23.8 Å². The van der Waals surface area contributed by atoms with Crippen LogP contribution in [0.4, 0.5) is 0 Å². The minimum atomic E-state index is 1.26. The van der Waals surface area contributed by atoms with E-state index in [2.05, 4.69) is 32.6 Å². The SMILES string of the molecule is CCCCS[C]1[CH][CH][CH][CH]1. The van der Waals surface area contributed by atoms with E-state index in [0.29, 0.717) is 0 Å². The normalized spacial score (nSPS) is 20.1. The van der Waals surface area contributed by atoms with Crippen molar-refractivity contribution in [1.29, 1.82) is 0 Å². The summed E-state index contributed by atoms with van der Waals surface area (Å²) in [7, 11) is 0. The highest BCUT2D eigenvalue weighted by Crippen LogP contribution is 2.33. The molecule has 0 aromatic rings. The first kappa shape index (κ1) is 8.45. The van der Waals surface area contributed by atoms with Gasteiger partial charge >= 0.3 is 0 Å². The number of rotatable bonds is 4. The van der Waals surface area contributed by atoms with Gasteiger partial charge in [0, 0.05) is 5.25 Å². The first-order valence-electron chi connectivity index (χ1n) is 3.78. The van der Waals surface area contributed by atoms with E-state index in [1.54, 1.807) is 0 Å². The summed E-state index contributed by atoms with van der Waals surface area (Å²) in [6.07, 6.45) is 11.1. The van der Waals surface area contributed by atoms with Crippen molar-refractivity contribution in [3.8, 4) is 0 Å². The van der Waals surface area contributed by atoms with Crippen molar-refractivity contribution in [3.63, 3.8) is 0 Å². The van der Waals surface area contributed by atoms with Gasteiger partial charge in [-0.25, -0.2) is 0 Å². The van der Waals surface area contributed by atoms with Gasteiger partial charge in [0.15, 0.2) is 0 Å². The number of hydrogen-bond acceptors (Lipinski definition) is 1. The van der Waals surface area contributed by atoms with Crippen LogP contribution < -0.4 is 0 Å². The molecule has 1 aliphatic rings. The van der Waals surface area contributed by atoms with Crippen LogP contribution in [0.25, 0.3) is 0 Å². The molecular formula is C9H13S. The van der Waals surface area contributed by atoms with Gasteiger partial charge in [0.05, 0.1) is 0 Å². The molecule has 0 amide bonds. The molecule has 5 radical (unpaired) electrons. The smallest absolute Gasteiger partial charge is 0.0380 e. The molecule has 1 fully saturated rings. The van der Waals surface area contributed by atoms with Gasteiger partial charge in [0.2, 0.25) is 0 Å². The summed E-state index contributed by atoms with van der Waals surface area (Å²) in [5.41, 5.74) is 0. The fourth-order valence-electron chi connectivity index (χ4n) is 0.787.